The van der Waals surface area contributed by atoms with Gasteiger partial charge in [-0.2, -0.15) is 5.10 Å². The van der Waals surface area contributed by atoms with Crippen molar-refractivity contribution < 1.29 is 19.1 Å². The first-order chi connectivity index (χ1) is 20.1. The van der Waals surface area contributed by atoms with Crippen LogP contribution in [0.25, 0.3) is 21.1 Å². The Morgan fingerprint density at radius 3 is 2.86 bits per heavy atom. The van der Waals surface area contributed by atoms with E-state index in [1.807, 2.05) is 39.8 Å². The fourth-order valence-corrected chi connectivity index (χ4v) is 6.58. The molecule has 3 N–H and O–H groups in total. The van der Waals surface area contributed by atoms with Gasteiger partial charge < -0.3 is 25.0 Å². The van der Waals surface area contributed by atoms with Crippen LogP contribution in [0.4, 0.5) is 16.3 Å². The summed E-state index contributed by atoms with van der Waals surface area (Å²) in [6.45, 7) is 8.76. The number of nitrogens with one attached hydrogen (secondary N) is 3. The number of nitrogens with zero attached hydrogens (tertiary/aromatic N) is 4. The van der Waals surface area contributed by atoms with E-state index in [1.54, 1.807) is 35.8 Å². The molecule has 12 heteroatoms. The second-order valence-electron chi connectivity index (χ2n) is 11.7. The summed E-state index contributed by atoms with van der Waals surface area (Å²) in [5.41, 5.74) is 2.50. The minimum atomic E-state index is -0.548. The smallest absolute Gasteiger partial charge is 0.407 e. The number of hydrogen-bond acceptors (Lipinski definition) is 9. The number of H-pyrrole nitrogens is 1. The van der Waals surface area contributed by atoms with Crippen molar-refractivity contribution in [2.75, 3.05) is 32.1 Å². The molecule has 224 valence electrons. The van der Waals surface area contributed by atoms with E-state index in [-0.39, 0.29) is 5.91 Å². The number of aromatic nitrogens is 4. The Balaban J connectivity index is 1.21. The van der Waals surface area contributed by atoms with Crippen molar-refractivity contribution >= 4 is 56.0 Å². The second-order valence-corrected chi connectivity index (χ2v) is 12.7. The van der Waals surface area contributed by atoms with Crippen molar-refractivity contribution in [1.82, 2.24) is 30.4 Å². The lowest BCUT2D eigenvalue weighted by atomic mass is 9.85. The van der Waals surface area contributed by atoms with Crippen LogP contribution in [0, 0.1) is 5.92 Å². The average Bonchev–Trinajstić information content (AvgIpc) is 3.54. The molecular formula is C30H39N7O4S. The number of thiophene rings is 1. The summed E-state index contributed by atoms with van der Waals surface area (Å²) in [5, 5.41) is 15.4. The number of likely N-dealkylation sites (N-methyl/N-ethyl adjacent to an activating group) is 1. The minimum Gasteiger partial charge on any atom is -0.492 e. The van der Waals surface area contributed by atoms with Crippen LogP contribution in [0.15, 0.2) is 24.7 Å². The van der Waals surface area contributed by atoms with Crippen LogP contribution in [0.1, 0.15) is 57.4 Å². The zero-order chi connectivity index (χ0) is 29.9. The number of carbonyl (C=O) groups is 2. The maximum atomic E-state index is 12.8. The molecule has 4 aromatic rings. The number of ether oxygens (including phenoxy) is 2. The lowest BCUT2D eigenvalue weighted by Gasteiger charge is -2.24. The van der Waals surface area contributed by atoms with Gasteiger partial charge in [-0.15, -0.1) is 11.3 Å². The molecule has 2 amide bonds. The van der Waals surface area contributed by atoms with Crippen LogP contribution in [0.3, 0.4) is 0 Å². The van der Waals surface area contributed by atoms with Crippen LogP contribution < -0.4 is 15.4 Å². The zero-order valence-corrected chi connectivity index (χ0v) is 25.7. The molecule has 1 aliphatic rings. The number of carbonyl (C=O) groups excluding carboxylic acids is 2. The summed E-state index contributed by atoms with van der Waals surface area (Å²) in [4.78, 5) is 37.8. The number of rotatable bonds is 10. The molecule has 0 bridgehead atoms. The Morgan fingerprint density at radius 1 is 1.24 bits per heavy atom. The lowest BCUT2D eigenvalue weighted by molar-refractivity contribution is -0.130. The molecule has 0 aliphatic heterocycles. The summed E-state index contributed by atoms with van der Waals surface area (Å²) in [6.07, 6.45) is 7.10. The lowest BCUT2D eigenvalue weighted by Crippen LogP contribution is -2.38. The molecule has 0 saturated carbocycles. The van der Waals surface area contributed by atoms with Gasteiger partial charge in [-0.25, -0.2) is 14.8 Å². The summed E-state index contributed by atoms with van der Waals surface area (Å²) in [6, 6.07) is 3.98. The number of hydrogen-bond donors (Lipinski definition) is 3. The van der Waals surface area contributed by atoms with E-state index >= 15 is 0 Å². The zero-order valence-electron chi connectivity index (χ0n) is 24.9. The Kier molecular flexibility index (Phi) is 8.81. The van der Waals surface area contributed by atoms with E-state index < -0.39 is 11.7 Å². The number of fused-ring (bicyclic) bond motifs is 4. The maximum Gasteiger partial charge on any atom is 0.407 e. The van der Waals surface area contributed by atoms with Gasteiger partial charge in [0.1, 0.15) is 28.3 Å². The minimum absolute atomic E-state index is 0.0835. The van der Waals surface area contributed by atoms with Gasteiger partial charge in [-0.1, -0.05) is 0 Å². The van der Waals surface area contributed by atoms with E-state index in [0.717, 1.165) is 64.1 Å². The molecule has 42 heavy (non-hydrogen) atoms. The number of alkyl carbamates (subject to hydrolysis) is 1. The monoisotopic (exact) mass is 593 g/mol. The topological polar surface area (TPSA) is 134 Å². The first kappa shape index (κ1) is 29.6. The highest BCUT2D eigenvalue weighted by Crippen LogP contribution is 2.42. The third-order valence-corrected chi connectivity index (χ3v) is 8.51. The van der Waals surface area contributed by atoms with Crippen molar-refractivity contribution in [1.29, 1.82) is 0 Å². The highest BCUT2D eigenvalue weighted by molar-refractivity contribution is 7.19. The average molecular weight is 594 g/mol. The van der Waals surface area contributed by atoms with Crippen molar-refractivity contribution in [3.8, 4) is 5.75 Å². The molecule has 0 fully saturated rings. The van der Waals surface area contributed by atoms with Gasteiger partial charge in [0.15, 0.2) is 0 Å². The molecule has 0 spiro atoms. The van der Waals surface area contributed by atoms with Gasteiger partial charge in [-0.05, 0) is 70.9 Å². The third kappa shape index (κ3) is 6.92. The molecule has 5 rings (SSSR count). The molecule has 1 aliphatic carbocycles. The van der Waals surface area contributed by atoms with E-state index in [0.29, 0.717) is 32.0 Å². The van der Waals surface area contributed by atoms with Gasteiger partial charge in [-0.3, -0.25) is 9.89 Å². The van der Waals surface area contributed by atoms with Crippen LogP contribution in [0.2, 0.25) is 0 Å². The van der Waals surface area contributed by atoms with Crippen molar-refractivity contribution in [2.45, 2.75) is 65.4 Å². The fraction of sp³-hybridized carbons (Fsp3) is 0.500. The summed E-state index contributed by atoms with van der Waals surface area (Å²) in [7, 11) is 1.78. The number of benzene rings is 1. The van der Waals surface area contributed by atoms with Gasteiger partial charge >= 0.3 is 6.09 Å². The van der Waals surface area contributed by atoms with Crippen LogP contribution in [-0.4, -0.2) is 69.4 Å². The molecule has 1 aromatic carbocycles. The number of aromatic amines is 1. The number of aryl methyl sites for hydroxylation is 1. The summed E-state index contributed by atoms with van der Waals surface area (Å²) >= 11 is 1.72. The van der Waals surface area contributed by atoms with Crippen LogP contribution in [0.5, 0.6) is 5.75 Å². The molecule has 1 unspecified atom stereocenters. The van der Waals surface area contributed by atoms with Crippen LogP contribution >= 0.6 is 11.3 Å². The fourth-order valence-electron chi connectivity index (χ4n) is 5.27. The Morgan fingerprint density at radius 2 is 2.07 bits per heavy atom. The van der Waals surface area contributed by atoms with E-state index in [9.17, 15) is 9.59 Å². The van der Waals surface area contributed by atoms with E-state index in [1.165, 1.54) is 10.4 Å². The molecule has 3 heterocycles. The van der Waals surface area contributed by atoms with Gasteiger partial charge in [0.2, 0.25) is 5.91 Å². The molecule has 3 aromatic heterocycles. The number of amides is 2. The second kappa shape index (κ2) is 12.5. The third-order valence-electron chi connectivity index (χ3n) is 7.35. The highest BCUT2D eigenvalue weighted by atomic mass is 32.1. The maximum absolute atomic E-state index is 12.8. The molecule has 1 atom stereocenters. The predicted octanol–water partition coefficient (Wildman–Crippen LogP) is 5.58. The molecule has 0 saturated heterocycles. The van der Waals surface area contributed by atoms with E-state index in [4.69, 9.17) is 9.47 Å². The van der Waals surface area contributed by atoms with Crippen molar-refractivity contribution in [3.05, 3.63) is 35.1 Å². The quantitative estimate of drug-likeness (QED) is 0.217. The van der Waals surface area contributed by atoms with Crippen LogP contribution in [-0.2, 0) is 22.4 Å². The number of anilines is 2. The normalized spacial score (nSPS) is 14.9. The first-order valence-electron chi connectivity index (χ1n) is 14.4. The van der Waals surface area contributed by atoms with Crippen molar-refractivity contribution in [3.63, 3.8) is 0 Å². The molecule has 0 radical (unpaired) electrons. The van der Waals surface area contributed by atoms with Gasteiger partial charge in [0.25, 0.3) is 0 Å². The summed E-state index contributed by atoms with van der Waals surface area (Å²) in [5.74, 6) is 2.03. The van der Waals surface area contributed by atoms with Gasteiger partial charge in [0, 0.05) is 42.9 Å². The standard InChI is InChI=1S/C30H39N7O4S/c1-6-40-23-15-21-19(16-34-36-21)14-22(23)35-27-26-20-9-7-18(13-24(20)42-28(26)33-17-32-27)8-10-25(38)37(5)12-11-31-29(39)41-30(2,3)4/h14-18H,6-13H2,1-5H3,(H,31,39)(H,34,36)(H,32,33,35). The Hall–Kier alpha value is -3.93. The predicted molar refractivity (Wildman–Crippen MR) is 165 cm³/mol. The Bertz CT molecular complexity index is 1580. The first-order valence-corrected chi connectivity index (χ1v) is 15.3. The summed E-state index contributed by atoms with van der Waals surface area (Å²) < 4.78 is 11.2. The van der Waals surface area contributed by atoms with Crippen molar-refractivity contribution in [2.24, 2.45) is 5.92 Å². The molecule has 11 nitrogen and oxygen atoms in total. The molecular weight excluding hydrogens is 554 g/mol. The SMILES string of the molecule is CCOc1cc2[nH]ncc2cc1Nc1ncnc2sc3c(c12)CCC(CCC(=O)N(C)CCNC(=O)OC(C)(C)C)C3. The van der Waals surface area contributed by atoms with Gasteiger partial charge in [0.05, 0.1) is 29.4 Å². The van der Waals surface area contributed by atoms with E-state index in [2.05, 4.69) is 30.8 Å². The Labute approximate surface area is 249 Å². The highest BCUT2D eigenvalue weighted by Gasteiger charge is 2.26. The largest absolute Gasteiger partial charge is 0.492 e.